The normalized spacial score (nSPS) is 22.4. The fourth-order valence-corrected chi connectivity index (χ4v) is 7.49. The second kappa shape index (κ2) is 11.9. The lowest BCUT2D eigenvalue weighted by atomic mass is 9.90. The maximum Gasteiger partial charge on any atom is 0.319 e. The molecule has 4 aromatic rings. The zero-order chi connectivity index (χ0) is 34.1. The number of alkyl halides is 3. The molecular weight excluding hydrogens is 633 g/mol. The third-order valence-corrected chi connectivity index (χ3v) is 9.75. The molecule has 2 aromatic carbocycles. The summed E-state index contributed by atoms with van der Waals surface area (Å²) >= 11 is 0. The summed E-state index contributed by atoms with van der Waals surface area (Å²) in [6.07, 6.45) is 3.84. The second-order valence-corrected chi connectivity index (χ2v) is 13.2. The van der Waals surface area contributed by atoms with Crippen molar-refractivity contribution in [2.75, 3.05) is 37.7 Å². The van der Waals surface area contributed by atoms with Gasteiger partial charge in [-0.15, -0.1) is 6.42 Å². The van der Waals surface area contributed by atoms with E-state index in [0.29, 0.717) is 23.9 Å². The molecule has 1 N–H and O–H groups in total. The number of fused-ring (bicyclic) bond motifs is 2. The van der Waals surface area contributed by atoms with Gasteiger partial charge in [0.25, 0.3) is 6.43 Å². The number of rotatable bonds is 7. The Hall–Kier alpha value is -4.44. The zero-order valence-electron chi connectivity index (χ0n) is 26.7. The molecular formula is C35H34F5N5O3. The first-order chi connectivity index (χ1) is 22.9. The van der Waals surface area contributed by atoms with E-state index in [4.69, 9.17) is 15.9 Å². The van der Waals surface area contributed by atoms with Crippen LogP contribution in [0.5, 0.6) is 17.6 Å². The van der Waals surface area contributed by atoms with Crippen molar-refractivity contribution in [2.24, 2.45) is 0 Å². The van der Waals surface area contributed by atoms with E-state index in [-0.39, 0.29) is 88.7 Å². The molecule has 13 heteroatoms. The maximum absolute atomic E-state index is 17.0. The summed E-state index contributed by atoms with van der Waals surface area (Å²) in [6.45, 7) is 5.43. The predicted octanol–water partition coefficient (Wildman–Crippen LogP) is 6.74. The molecule has 0 spiro atoms. The monoisotopic (exact) mass is 667 g/mol. The molecule has 5 heterocycles. The number of pyridine rings is 1. The van der Waals surface area contributed by atoms with Crippen molar-refractivity contribution in [2.45, 2.75) is 70.1 Å². The highest BCUT2D eigenvalue weighted by molar-refractivity contribution is 6.04. The summed E-state index contributed by atoms with van der Waals surface area (Å²) < 4.78 is 87.0. The smallest absolute Gasteiger partial charge is 0.319 e. The van der Waals surface area contributed by atoms with Gasteiger partial charge in [0.1, 0.15) is 53.4 Å². The van der Waals surface area contributed by atoms with Crippen LogP contribution in [0.2, 0.25) is 0 Å². The highest BCUT2D eigenvalue weighted by Crippen LogP contribution is 2.45. The van der Waals surface area contributed by atoms with Crippen molar-refractivity contribution in [3.63, 3.8) is 0 Å². The number of ether oxygens (including phenoxy) is 2. The quantitative estimate of drug-likeness (QED) is 0.172. The molecule has 0 aliphatic carbocycles. The topological polar surface area (TPSA) is 83.8 Å². The minimum absolute atomic E-state index is 0.0174. The van der Waals surface area contributed by atoms with Gasteiger partial charge < -0.3 is 19.5 Å². The molecule has 2 fully saturated rings. The lowest BCUT2D eigenvalue weighted by molar-refractivity contribution is 0.107. The second-order valence-electron chi connectivity index (χ2n) is 13.2. The van der Waals surface area contributed by atoms with E-state index >= 15 is 8.78 Å². The van der Waals surface area contributed by atoms with Crippen molar-refractivity contribution in [3.8, 4) is 41.2 Å². The first-order valence-electron chi connectivity index (χ1n) is 16.0. The van der Waals surface area contributed by atoms with E-state index in [0.717, 1.165) is 6.42 Å². The van der Waals surface area contributed by atoms with Gasteiger partial charge in [0.2, 0.25) is 5.88 Å². The van der Waals surface area contributed by atoms with Crippen molar-refractivity contribution in [1.82, 2.24) is 19.9 Å². The number of benzene rings is 2. The summed E-state index contributed by atoms with van der Waals surface area (Å²) in [7, 11) is 0. The standard InChI is InChI=1S/C35H34F5N5O3/c1-5-22-26-19(10-23(17(2)3)28(22)39)9-21(46)11-24(26)30-29(40)31-27-32(45(14-25(37)38)18(4)15-47-33(27)41-30)43-34(42-31)48-16-35-7-6-8-44(35)13-20(36)12-35/h1,9-11,17-18,20,25,46H,6-8,12-16H2,2-4H3/t18-,20+,35-/m0/s1. The number of anilines is 1. The zero-order valence-corrected chi connectivity index (χ0v) is 26.7. The van der Waals surface area contributed by atoms with Crippen molar-refractivity contribution in [1.29, 1.82) is 0 Å². The lowest BCUT2D eigenvalue weighted by Gasteiger charge is -2.31. The van der Waals surface area contributed by atoms with Gasteiger partial charge in [-0.3, -0.25) is 4.90 Å². The summed E-state index contributed by atoms with van der Waals surface area (Å²) in [5.41, 5.74) is -1.10. The molecule has 48 heavy (non-hydrogen) atoms. The van der Waals surface area contributed by atoms with Gasteiger partial charge in [-0.25, -0.2) is 26.9 Å². The first kappa shape index (κ1) is 32.1. The van der Waals surface area contributed by atoms with E-state index in [1.54, 1.807) is 26.8 Å². The van der Waals surface area contributed by atoms with E-state index in [1.807, 2.05) is 4.90 Å². The number of aromatic nitrogens is 3. The number of aromatic hydroxyl groups is 1. The summed E-state index contributed by atoms with van der Waals surface area (Å²) in [4.78, 5) is 16.7. The molecule has 0 unspecified atom stereocenters. The Labute approximate surface area is 273 Å². The molecule has 7 rings (SSSR count). The molecule has 0 radical (unpaired) electrons. The van der Waals surface area contributed by atoms with Gasteiger partial charge in [0.15, 0.2) is 5.82 Å². The van der Waals surface area contributed by atoms with Crippen LogP contribution < -0.4 is 14.4 Å². The third kappa shape index (κ3) is 5.21. The summed E-state index contributed by atoms with van der Waals surface area (Å²) in [5, 5.41) is 11.2. The van der Waals surface area contributed by atoms with Crippen molar-refractivity contribution in [3.05, 3.63) is 41.0 Å². The van der Waals surface area contributed by atoms with Crippen LogP contribution >= 0.6 is 0 Å². The summed E-state index contributed by atoms with van der Waals surface area (Å²) in [5.74, 6) is 0.0470. The van der Waals surface area contributed by atoms with Crippen LogP contribution in [0.4, 0.5) is 27.8 Å². The van der Waals surface area contributed by atoms with E-state index in [1.165, 1.54) is 17.0 Å². The highest BCUT2D eigenvalue weighted by atomic mass is 19.3. The molecule has 0 amide bonds. The molecule has 0 bridgehead atoms. The van der Waals surface area contributed by atoms with Crippen LogP contribution in [0, 0.1) is 24.0 Å². The lowest BCUT2D eigenvalue weighted by Crippen LogP contribution is -2.43. The Morgan fingerprint density at radius 2 is 1.94 bits per heavy atom. The van der Waals surface area contributed by atoms with Crippen LogP contribution in [0.3, 0.4) is 0 Å². The number of hydrogen-bond donors (Lipinski definition) is 1. The van der Waals surface area contributed by atoms with Crippen molar-refractivity contribution >= 4 is 27.5 Å². The van der Waals surface area contributed by atoms with Gasteiger partial charge in [0, 0.05) is 23.9 Å². The van der Waals surface area contributed by atoms with Gasteiger partial charge in [-0.2, -0.15) is 9.97 Å². The number of terminal acetylenes is 1. The van der Waals surface area contributed by atoms with E-state index in [2.05, 4.69) is 20.9 Å². The van der Waals surface area contributed by atoms with Gasteiger partial charge >= 0.3 is 6.01 Å². The number of phenols is 1. The Balaban J connectivity index is 1.46. The van der Waals surface area contributed by atoms with Crippen LogP contribution in [0.1, 0.15) is 57.1 Å². The maximum atomic E-state index is 17.0. The van der Waals surface area contributed by atoms with E-state index < -0.39 is 42.4 Å². The van der Waals surface area contributed by atoms with Gasteiger partial charge in [-0.05, 0) is 61.4 Å². The Kier molecular flexibility index (Phi) is 7.97. The Morgan fingerprint density at radius 3 is 2.67 bits per heavy atom. The fourth-order valence-electron chi connectivity index (χ4n) is 7.49. The van der Waals surface area contributed by atoms with Gasteiger partial charge in [-0.1, -0.05) is 19.8 Å². The third-order valence-electron chi connectivity index (χ3n) is 9.75. The van der Waals surface area contributed by atoms with Crippen LogP contribution in [0.15, 0.2) is 18.2 Å². The average Bonchev–Trinajstić information content (AvgIpc) is 3.53. The molecule has 3 atom stereocenters. The van der Waals surface area contributed by atoms with E-state index in [9.17, 15) is 18.3 Å². The first-order valence-corrected chi connectivity index (χ1v) is 16.0. The molecule has 3 aliphatic heterocycles. The van der Waals surface area contributed by atoms with Crippen LogP contribution in [-0.2, 0) is 0 Å². The average molecular weight is 668 g/mol. The molecule has 2 saturated heterocycles. The van der Waals surface area contributed by atoms with Crippen molar-refractivity contribution < 1.29 is 36.5 Å². The SMILES string of the molecule is C#Cc1c(F)c(C(C)C)cc2cc(O)cc(-c3nc4c5c(nc(OC[C@@]67CCCN6C[C@H](F)C7)nc5c3F)N(CC(F)F)[C@@H](C)CO4)c12. The fraction of sp³-hybridized carbons (Fsp3) is 0.457. The molecule has 0 saturated carbocycles. The number of halogens is 5. The van der Waals surface area contributed by atoms with Gasteiger partial charge in [0.05, 0.1) is 23.7 Å². The molecule has 252 valence electrons. The minimum Gasteiger partial charge on any atom is -0.508 e. The Morgan fingerprint density at radius 1 is 1.15 bits per heavy atom. The Bertz CT molecular complexity index is 1990. The molecule has 3 aliphatic rings. The largest absolute Gasteiger partial charge is 0.508 e. The number of nitrogens with zero attached hydrogens (tertiary/aromatic N) is 5. The predicted molar refractivity (Wildman–Crippen MR) is 171 cm³/mol. The molecule has 8 nitrogen and oxygen atoms in total. The summed E-state index contributed by atoms with van der Waals surface area (Å²) in [6, 6.07) is 3.26. The molecule has 2 aromatic heterocycles. The highest BCUT2D eigenvalue weighted by Gasteiger charge is 2.49. The van der Waals surface area contributed by atoms with Crippen LogP contribution in [0.25, 0.3) is 32.9 Å². The number of hydrogen-bond acceptors (Lipinski definition) is 8. The number of phenolic OH excluding ortho intramolecular Hbond substituents is 1. The minimum atomic E-state index is -2.77. The van der Waals surface area contributed by atoms with Crippen LogP contribution in [-0.4, -0.2) is 82.0 Å².